The van der Waals surface area contributed by atoms with Gasteiger partial charge in [-0.15, -0.1) is 0 Å². The van der Waals surface area contributed by atoms with Gasteiger partial charge < -0.3 is 5.32 Å². The van der Waals surface area contributed by atoms with E-state index in [1.165, 1.54) is 16.7 Å². The van der Waals surface area contributed by atoms with E-state index in [1.54, 1.807) is 0 Å². The highest BCUT2D eigenvalue weighted by Crippen LogP contribution is 2.25. The molecular weight excluding hydrogens is 373 g/mol. The lowest BCUT2D eigenvalue weighted by atomic mass is 10.0. The zero-order valence-electron chi connectivity index (χ0n) is 13.3. The molecule has 21 heavy (non-hydrogen) atoms. The highest BCUT2D eigenvalue weighted by Gasteiger charge is 2.14. The molecule has 0 aliphatic rings. The van der Waals surface area contributed by atoms with Crippen LogP contribution in [0.15, 0.2) is 18.2 Å². The number of anilines is 1. The molecule has 2 rings (SSSR count). The molecule has 0 radical (unpaired) electrons. The van der Waals surface area contributed by atoms with E-state index in [0.29, 0.717) is 5.92 Å². The van der Waals surface area contributed by atoms with Gasteiger partial charge in [0.1, 0.15) is 11.6 Å². The van der Waals surface area contributed by atoms with Crippen LogP contribution in [0.1, 0.15) is 48.0 Å². The maximum absolute atomic E-state index is 4.77. The Morgan fingerprint density at radius 1 is 1.14 bits per heavy atom. The number of aromatic nitrogens is 2. The van der Waals surface area contributed by atoms with Crippen molar-refractivity contribution in [2.24, 2.45) is 0 Å². The zero-order valence-corrected chi connectivity index (χ0v) is 15.4. The van der Waals surface area contributed by atoms with Crippen LogP contribution in [0.3, 0.4) is 0 Å². The molecule has 112 valence electrons. The summed E-state index contributed by atoms with van der Waals surface area (Å²) in [5, 5.41) is 3.18. The number of nitrogens with zero attached hydrogens (tertiary/aromatic N) is 2. The van der Waals surface area contributed by atoms with Gasteiger partial charge in [0.2, 0.25) is 0 Å². The minimum atomic E-state index is 0.394. The number of aryl methyl sites for hydroxylation is 2. The Hall–Kier alpha value is -1.17. The molecule has 1 aromatic heterocycles. The van der Waals surface area contributed by atoms with E-state index < -0.39 is 0 Å². The van der Waals surface area contributed by atoms with Crippen LogP contribution in [0.2, 0.25) is 0 Å². The fourth-order valence-electron chi connectivity index (χ4n) is 2.24. The molecule has 4 heteroatoms. The van der Waals surface area contributed by atoms with E-state index in [4.69, 9.17) is 4.98 Å². The highest BCUT2D eigenvalue weighted by molar-refractivity contribution is 14.1. The van der Waals surface area contributed by atoms with Crippen LogP contribution >= 0.6 is 22.6 Å². The third-order valence-corrected chi connectivity index (χ3v) is 4.70. The first-order chi connectivity index (χ1) is 9.92. The van der Waals surface area contributed by atoms with Crippen molar-refractivity contribution in [2.75, 3.05) is 12.4 Å². The average Bonchev–Trinajstić information content (AvgIpc) is 2.44. The number of hydrogen-bond acceptors (Lipinski definition) is 3. The van der Waals surface area contributed by atoms with Crippen LogP contribution < -0.4 is 5.32 Å². The first-order valence-corrected chi connectivity index (χ1v) is 8.30. The van der Waals surface area contributed by atoms with E-state index >= 15 is 0 Å². The van der Waals surface area contributed by atoms with Gasteiger partial charge >= 0.3 is 0 Å². The van der Waals surface area contributed by atoms with Crippen LogP contribution in [0.25, 0.3) is 0 Å². The highest BCUT2D eigenvalue weighted by atomic mass is 127. The Labute approximate surface area is 140 Å². The van der Waals surface area contributed by atoms with Gasteiger partial charge in [0, 0.05) is 13.5 Å². The molecule has 1 aromatic carbocycles. The summed E-state index contributed by atoms with van der Waals surface area (Å²) in [6.45, 7) is 8.62. The number of rotatable bonds is 4. The third kappa shape index (κ3) is 3.73. The van der Waals surface area contributed by atoms with Crippen molar-refractivity contribution in [1.29, 1.82) is 0 Å². The predicted octanol–water partition coefficient (Wildman–Crippen LogP) is 4.45. The molecule has 0 amide bonds. The second-order valence-electron chi connectivity index (χ2n) is 5.69. The lowest BCUT2D eigenvalue weighted by Crippen LogP contribution is -2.09. The van der Waals surface area contributed by atoms with Gasteiger partial charge in [-0.25, -0.2) is 9.97 Å². The number of nitrogens with one attached hydrogen (secondary N) is 1. The van der Waals surface area contributed by atoms with E-state index in [1.807, 2.05) is 7.05 Å². The van der Waals surface area contributed by atoms with Gasteiger partial charge in [0.25, 0.3) is 0 Å². The summed E-state index contributed by atoms with van der Waals surface area (Å²) >= 11 is 2.33. The third-order valence-electron chi connectivity index (χ3n) is 3.64. The Kier molecular flexibility index (Phi) is 5.19. The van der Waals surface area contributed by atoms with Crippen LogP contribution in [-0.4, -0.2) is 17.0 Å². The van der Waals surface area contributed by atoms with Crippen molar-refractivity contribution in [3.05, 3.63) is 50.0 Å². The maximum Gasteiger partial charge on any atom is 0.143 e. The van der Waals surface area contributed by atoms with Crippen molar-refractivity contribution in [2.45, 2.75) is 40.0 Å². The molecule has 0 spiro atoms. The van der Waals surface area contributed by atoms with E-state index in [9.17, 15) is 0 Å². The minimum absolute atomic E-state index is 0.394. The molecule has 0 bridgehead atoms. The normalized spacial score (nSPS) is 11.0. The van der Waals surface area contributed by atoms with E-state index in [-0.39, 0.29) is 0 Å². The van der Waals surface area contributed by atoms with Crippen molar-refractivity contribution >= 4 is 28.4 Å². The van der Waals surface area contributed by atoms with Gasteiger partial charge in [-0.2, -0.15) is 0 Å². The predicted molar refractivity (Wildman–Crippen MR) is 97.1 cm³/mol. The Bertz CT molecular complexity index is 651. The number of benzene rings is 1. The van der Waals surface area contributed by atoms with Gasteiger partial charge in [0.15, 0.2) is 0 Å². The Morgan fingerprint density at radius 3 is 2.43 bits per heavy atom. The van der Waals surface area contributed by atoms with Gasteiger partial charge in [0.05, 0.1) is 9.26 Å². The molecule has 0 unspecified atom stereocenters. The average molecular weight is 395 g/mol. The topological polar surface area (TPSA) is 37.8 Å². The second kappa shape index (κ2) is 6.73. The summed E-state index contributed by atoms with van der Waals surface area (Å²) in [4.78, 5) is 9.42. The van der Waals surface area contributed by atoms with Crippen LogP contribution in [0, 0.1) is 17.4 Å². The fraction of sp³-hybridized carbons (Fsp3) is 0.412. The monoisotopic (exact) mass is 395 g/mol. The molecule has 0 fully saturated rings. The molecular formula is C17H22IN3. The van der Waals surface area contributed by atoms with Gasteiger partial charge in [-0.3, -0.25) is 0 Å². The van der Waals surface area contributed by atoms with Crippen LogP contribution in [0.5, 0.6) is 0 Å². The molecule has 2 aromatic rings. The van der Waals surface area contributed by atoms with Crippen molar-refractivity contribution < 1.29 is 0 Å². The zero-order chi connectivity index (χ0) is 15.6. The molecule has 0 saturated carbocycles. The summed E-state index contributed by atoms with van der Waals surface area (Å²) in [6, 6.07) is 6.56. The molecule has 1 heterocycles. The molecule has 1 N–H and O–H groups in total. The molecule has 3 nitrogen and oxygen atoms in total. The fourth-order valence-corrected chi connectivity index (χ4v) is 3.37. The lowest BCUT2D eigenvalue weighted by molar-refractivity contribution is 0.784. The smallest absolute Gasteiger partial charge is 0.143 e. The maximum atomic E-state index is 4.77. The summed E-state index contributed by atoms with van der Waals surface area (Å²) in [6.07, 6.45) is 0.770. The van der Waals surface area contributed by atoms with Crippen molar-refractivity contribution in [3.8, 4) is 0 Å². The number of hydrogen-bond donors (Lipinski definition) is 1. The summed E-state index contributed by atoms with van der Waals surface area (Å²) in [5.41, 5.74) is 5.02. The molecule has 0 saturated heterocycles. The standard InChI is InChI=1S/C17H22IN3/c1-10(2)16-15(18)17(19-5)21-14(20-16)9-13-7-6-11(3)12(4)8-13/h6-8,10H,9H2,1-5H3,(H,19,20,21). The van der Waals surface area contributed by atoms with Gasteiger partial charge in [-0.05, 0) is 59.0 Å². The van der Waals surface area contributed by atoms with E-state index in [2.05, 4.69) is 78.8 Å². The molecule has 0 aliphatic carbocycles. The van der Waals surface area contributed by atoms with Crippen molar-refractivity contribution in [3.63, 3.8) is 0 Å². The molecule has 0 aliphatic heterocycles. The first-order valence-electron chi connectivity index (χ1n) is 7.22. The van der Waals surface area contributed by atoms with Crippen LogP contribution in [0.4, 0.5) is 5.82 Å². The van der Waals surface area contributed by atoms with Crippen LogP contribution in [-0.2, 0) is 6.42 Å². The Balaban J connectivity index is 2.39. The quantitative estimate of drug-likeness (QED) is 0.778. The number of halogens is 1. The minimum Gasteiger partial charge on any atom is -0.372 e. The summed E-state index contributed by atoms with van der Waals surface area (Å²) < 4.78 is 1.12. The summed E-state index contributed by atoms with van der Waals surface area (Å²) in [5.74, 6) is 2.20. The lowest BCUT2D eigenvalue weighted by Gasteiger charge is -2.14. The summed E-state index contributed by atoms with van der Waals surface area (Å²) in [7, 11) is 1.91. The largest absolute Gasteiger partial charge is 0.372 e. The van der Waals surface area contributed by atoms with E-state index in [0.717, 1.165) is 27.3 Å². The van der Waals surface area contributed by atoms with Gasteiger partial charge in [-0.1, -0.05) is 32.0 Å². The second-order valence-corrected chi connectivity index (χ2v) is 6.77. The SMILES string of the molecule is CNc1nc(Cc2ccc(C)c(C)c2)nc(C(C)C)c1I. The first kappa shape index (κ1) is 16.2. The molecule has 0 atom stereocenters. The Morgan fingerprint density at radius 2 is 1.86 bits per heavy atom. The van der Waals surface area contributed by atoms with Crippen molar-refractivity contribution in [1.82, 2.24) is 9.97 Å².